The third-order valence-electron chi connectivity index (χ3n) is 6.36. The van der Waals surface area contributed by atoms with Crippen molar-refractivity contribution in [2.24, 2.45) is 0 Å². The Kier molecular flexibility index (Phi) is 8.15. The molecule has 1 heterocycles. The molecule has 7 nitrogen and oxygen atoms in total. The van der Waals surface area contributed by atoms with Crippen LogP contribution in [0.15, 0.2) is 84.9 Å². The Morgan fingerprint density at radius 2 is 1.49 bits per heavy atom. The van der Waals surface area contributed by atoms with Crippen LogP contribution in [-0.4, -0.2) is 66.4 Å². The summed E-state index contributed by atoms with van der Waals surface area (Å²) in [4.78, 5) is 15.9. The zero-order valence-corrected chi connectivity index (χ0v) is 19.9. The van der Waals surface area contributed by atoms with Crippen LogP contribution in [0.3, 0.4) is 0 Å². The smallest absolute Gasteiger partial charge is 0.234 e. The average Bonchev–Trinajstić information content (AvgIpc) is 3.17. The quantitative estimate of drug-likeness (QED) is 0.493. The number of para-hydroxylation sites is 1. The number of nitrogens with zero attached hydrogens (tertiary/aromatic N) is 1. The van der Waals surface area contributed by atoms with Crippen molar-refractivity contribution in [3.63, 3.8) is 0 Å². The molecule has 3 aromatic carbocycles. The number of hydrogen-bond donors (Lipinski definition) is 2. The maximum atomic E-state index is 14.3. The first-order valence-electron chi connectivity index (χ1n) is 11.6. The third-order valence-corrected chi connectivity index (χ3v) is 6.36. The van der Waals surface area contributed by atoms with Gasteiger partial charge in [0.1, 0.15) is 24.1 Å². The molecular weight excluding hydrogens is 446 g/mol. The monoisotopic (exact) mass is 477 g/mol. The van der Waals surface area contributed by atoms with Crippen LogP contribution in [0.1, 0.15) is 22.6 Å². The van der Waals surface area contributed by atoms with Crippen LogP contribution in [0, 0.1) is 0 Å². The number of carbonyl (C=O) groups excluding carboxylic acids is 1. The summed E-state index contributed by atoms with van der Waals surface area (Å²) >= 11 is 0. The number of hydrogen-bond acceptors (Lipinski definition) is 6. The molecule has 0 saturated carbocycles. The summed E-state index contributed by atoms with van der Waals surface area (Å²) in [5.74, 6) is -0.0241. The van der Waals surface area contributed by atoms with Gasteiger partial charge >= 0.3 is 0 Å². The van der Waals surface area contributed by atoms with E-state index >= 15 is 0 Å². The normalized spacial score (nSPS) is 21.7. The average molecular weight is 478 g/mol. The molecule has 3 aromatic rings. The molecule has 7 heteroatoms. The van der Waals surface area contributed by atoms with Crippen LogP contribution in [0.25, 0.3) is 0 Å². The molecule has 4 unspecified atom stereocenters. The first kappa shape index (κ1) is 24.9. The van der Waals surface area contributed by atoms with Gasteiger partial charge in [-0.15, -0.1) is 0 Å². The van der Waals surface area contributed by atoms with E-state index in [4.69, 9.17) is 14.2 Å². The van der Waals surface area contributed by atoms with Gasteiger partial charge in [-0.3, -0.25) is 4.79 Å². The molecule has 0 aliphatic carbocycles. The highest BCUT2D eigenvalue weighted by molar-refractivity contribution is 5.87. The van der Waals surface area contributed by atoms with Gasteiger partial charge in [0.15, 0.2) is 6.29 Å². The number of ether oxygens (including phenoxy) is 3. The van der Waals surface area contributed by atoms with Crippen LogP contribution in [0.2, 0.25) is 0 Å². The van der Waals surface area contributed by atoms with Crippen LogP contribution >= 0.6 is 0 Å². The second kappa shape index (κ2) is 11.5. The topological polar surface area (TPSA) is 88.5 Å². The number of methoxy groups -OCH3 is 2. The van der Waals surface area contributed by atoms with Crippen molar-refractivity contribution in [3.05, 3.63) is 102 Å². The first-order valence-corrected chi connectivity index (χ1v) is 11.6. The fourth-order valence-electron chi connectivity index (χ4n) is 4.60. The van der Waals surface area contributed by atoms with Crippen LogP contribution in [0.5, 0.6) is 5.75 Å². The Balaban J connectivity index is 1.72. The van der Waals surface area contributed by atoms with Crippen molar-refractivity contribution in [2.75, 3.05) is 20.8 Å². The highest BCUT2D eigenvalue weighted by Gasteiger charge is 2.45. The molecule has 0 radical (unpaired) electrons. The van der Waals surface area contributed by atoms with Crippen LogP contribution < -0.4 is 4.74 Å². The van der Waals surface area contributed by atoms with Crippen LogP contribution in [0.4, 0.5) is 0 Å². The predicted octanol–water partition coefficient (Wildman–Crippen LogP) is 2.95. The molecule has 184 valence electrons. The zero-order chi connectivity index (χ0) is 24.8. The Hall–Kier alpha value is -3.23. The third kappa shape index (κ3) is 5.55. The minimum absolute atomic E-state index is 0.111. The zero-order valence-electron chi connectivity index (χ0n) is 19.9. The van der Waals surface area contributed by atoms with Crippen molar-refractivity contribution in [1.82, 2.24) is 4.90 Å². The van der Waals surface area contributed by atoms with Crippen molar-refractivity contribution < 1.29 is 29.2 Å². The van der Waals surface area contributed by atoms with Gasteiger partial charge in [0.05, 0.1) is 19.6 Å². The lowest BCUT2D eigenvalue weighted by Crippen LogP contribution is -2.45. The fraction of sp³-hybridized carbons (Fsp3) is 0.321. The molecular formula is C28H31NO6. The van der Waals surface area contributed by atoms with Crippen LogP contribution in [-0.2, 0) is 20.8 Å². The summed E-state index contributed by atoms with van der Waals surface area (Å²) in [6.07, 6.45) is -4.07. The predicted molar refractivity (Wildman–Crippen MR) is 131 cm³/mol. The van der Waals surface area contributed by atoms with Crippen molar-refractivity contribution >= 4 is 5.91 Å². The van der Waals surface area contributed by atoms with Gasteiger partial charge in [0.25, 0.3) is 0 Å². The van der Waals surface area contributed by atoms with Gasteiger partial charge in [-0.25, -0.2) is 0 Å². The Bertz CT molecular complexity index is 1050. The number of amides is 1. The van der Waals surface area contributed by atoms with Gasteiger partial charge in [0.2, 0.25) is 5.91 Å². The molecule has 2 N–H and O–H groups in total. The summed E-state index contributed by atoms with van der Waals surface area (Å²) in [6, 6.07) is 26.8. The molecule has 1 saturated heterocycles. The van der Waals surface area contributed by atoms with Crippen molar-refractivity contribution in [2.45, 2.75) is 37.1 Å². The lowest BCUT2D eigenvalue weighted by Gasteiger charge is -2.31. The molecule has 1 aliphatic rings. The van der Waals surface area contributed by atoms with Gasteiger partial charge < -0.3 is 29.3 Å². The van der Waals surface area contributed by atoms with Gasteiger partial charge in [-0.05, 0) is 17.2 Å². The van der Waals surface area contributed by atoms with E-state index in [-0.39, 0.29) is 19.0 Å². The summed E-state index contributed by atoms with van der Waals surface area (Å²) in [6.45, 7) is 0.362. The summed E-state index contributed by atoms with van der Waals surface area (Å²) < 4.78 is 16.5. The van der Waals surface area contributed by atoms with E-state index < -0.39 is 30.5 Å². The molecule has 1 fully saturated rings. The van der Waals surface area contributed by atoms with Gasteiger partial charge in [-0.1, -0.05) is 78.9 Å². The van der Waals surface area contributed by atoms with E-state index in [1.54, 1.807) is 12.0 Å². The number of benzene rings is 3. The largest absolute Gasteiger partial charge is 0.496 e. The first-order chi connectivity index (χ1) is 17.0. The highest BCUT2D eigenvalue weighted by Crippen LogP contribution is 2.31. The fourth-order valence-corrected chi connectivity index (χ4v) is 4.60. The lowest BCUT2D eigenvalue weighted by molar-refractivity contribution is -0.143. The van der Waals surface area contributed by atoms with E-state index in [1.807, 2.05) is 84.9 Å². The van der Waals surface area contributed by atoms with E-state index in [1.165, 1.54) is 7.11 Å². The van der Waals surface area contributed by atoms with E-state index in [0.717, 1.165) is 16.7 Å². The molecule has 1 aliphatic heterocycles. The minimum atomic E-state index is -1.38. The minimum Gasteiger partial charge on any atom is -0.496 e. The number of rotatable bonds is 9. The summed E-state index contributed by atoms with van der Waals surface area (Å²) in [5.41, 5.74) is 2.56. The standard InChI is InChI=1S/C28H31NO6/c1-33-22-16-10-9-15-21(22)17-29(18-23-26(34-2)25(30)28(32)35-23)27(31)24(19-11-5-3-6-12-19)20-13-7-4-8-14-20/h3-16,23-26,28,30,32H,17-18H2,1-2H3. The molecule has 1 amide bonds. The Morgan fingerprint density at radius 1 is 0.914 bits per heavy atom. The van der Waals surface area contributed by atoms with Crippen molar-refractivity contribution in [1.29, 1.82) is 0 Å². The second-order valence-electron chi connectivity index (χ2n) is 8.54. The molecule has 4 rings (SSSR count). The molecule has 0 spiro atoms. The number of carbonyl (C=O) groups is 1. The molecule has 0 aromatic heterocycles. The lowest BCUT2D eigenvalue weighted by atomic mass is 9.89. The van der Waals surface area contributed by atoms with E-state index in [9.17, 15) is 15.0 Å². The van der Waals surface area contributed by atoms with E-state index in [2.05, 4.69) is 0 Å². The molecule has 4 atom stereocenters. The Labute approximate surface area is 205 Å². The molecule has 0 bridgehead atoms. The van der Waals surface area contributed by atoms with Crippen molar-refractivity contribution in [3.8, 4) is 5.75 Å². The van der Waals surface area contributed by atoms with Gasteiger partial charge in [0, 0.05) is 19.2 Å². The maximum absolute atomic E-state index is 14.3. The summed E-state index contributed by atoms with van der Waals surface area (Å²) in [7, 11) is 3.04. The Morgan fingerprint density at radius 3 is 2.06 bits per heavy atom. The highest BCUT2D eigenvalue weighted by atomic mass is 16.7. The summed E-state index contributed by atoms with van der Waals surface area (Å²) in [5, 5.41) is 20.4. The number of aliphatic hydroxyl groups excluding tert-OH is 2. The maximum Gasteiger partial charge on any atom is 0.234 e. The van der Waals surface area contributed by atoms with Gasteiger partial charge in [-0.2, -0.15) is 0 Å². The van der Waals surface area contributed by atoms with E-state index in [0.29, 0.717) is 5.75 Å². The number of aliphatic hydroxyl groups is 2. The second-order valence-corrected chi connectivity index (χ2v) is 8.54. The SMILES string of the molecule is COc1ccccc1CN(CC1OC(O)C(O)C1OC)C(=O)C(c1ccccc1)c1ccccc1. The molecule has 35 heavy (non-hydrogen) atoms.